The molecule has 0 atom stereocenters. The minimum atomic E-state index is -0.211. The number of rotatable bonds is 3. The van der Waals surface area contributed by atoms with Crippen molar-refractivity contribution in [2.75, 3.05) is 5.32 Å². The zero-order chi connectivity index (χ0) is 13.0. The molecule has 0 saturated heterocycles. The molecule has 18 heavy (non-hydrogen) atoms. The average Bonchev–Trinajstić information content (AvgIpc) is 2.39. The number of carbonyl (C=O) groups is 1. The van der Waals surface area contributed by atoms with Gasteiger partial charge >= 0.3 is 0 Å². The van der Waals surface area contributed by atoms with Crippen molar-refractivity contribution >= 4 is 17.4 Å². The van der Waals surface area contributed by atoms with Gasteiger partial charge in [-0.05, 0) is 12.1 Å². The average molecular weight is 238 g/mol. The summed E-state index contributed by atoms with van der Waals surface area (Å²) in [5.41, 5.74) is 6.71. The Balaban J connectivity index is 2.39. The van der Waals surface area contributed by atoms with Gasteiger partial charge in [-0.25, -0.2) is 0 Å². The van der Waals surface area contributed by atoms with Crippen LogP contribution in [0.1, 0.15) is 15.9 Å². The minimum absolute atomic E-state index is 0.153. The maximum Gasteiger partial charge on any atom is 0.195 e. The standard InChI is InChI=1S/C14H12N3O/c15-14(16)17-12-9-5-4-8-11(12)13(18)10-6-2-1-3-7-10/h1-7,9H,(H4,15,16,17). The molecule has 4 heteroatoms. The van der Waals surface area contributed by atoms with E-state index in [4.69, 9.17) is 11.1 Å². The fourth-order valence-electron chi connectivity index (χ4n) is 1.61. The molecule has 0 aliphatic rings. The van der Waals surface area contributed by atoms with E-state index >= 15 is 0 Å². The molecule has 2 rings (SSSR count). The van der Waals surface area contributed by atoms with Crippen molar-refractivity contribution in [3.05, 3.63) is 65.7 Å². The molecule has 0 spiro atoms. The molecule has 0 unspecified atom stereocenters. The molecule has 0 aromatic heterocycles. The molecule has 89 valence electrons. The van der Waals surface area contributed by atoms with E-state index in [1.54, 1.807) is 42.5 Å². The van der Waals surface area contributed by atoms with Crippen LogP contribution in [0.25, 0.3) is 0 Å². The van der Waals surface area contributed by atoms with E-state index in [9.17, 15) is 4.79 Å². The third-order valence-electron chi connectivity index (χ3n) is 2.39. The van der Waals surface area contributed by atoms with Crippen LogP contribution < -0.4 is 11.1 Å². The van der Waals surface area contributed by atoms with Gasteiger partial charge in [0, 0.05) is 5.56 Å². The first kappa shape index (κ1) is 11.9. The molecular weight excluding hydrogens is 226 g/mol. The summed E-state index contributed by atoms with van der Waals surface area (Å²) in [6.07, 6.45) is 0. The van der Waals surface area contributed by atoms with Crippen molar-refractivity contribution in [1.82, 2.24) is 0 Å². The summed E-state index contributed by atoms with van der Waals surface area (Å²) in [5, 5.41) is 9.85. The molecule has 0 heterocycles. The zero-order valence-electron chi connectivity index (χ0n) is 9.60. The Hall–Kier alpha value is -2.62. The smallest absolute Gasteiger partial charge is 0.195 e. The Labute approximate surface area is 105 Å². The molecule has 0 bridgehead atoms. The lowest BCUT2D eigenvalue weighted by Gasteiger charge is -2.09. The topological polar surface area (TPSA) is 79.0 Å². The number of nitrogens with two attached hydrogens (primary N) is 1. The van der Waals surface area contributed by atoms with E-state index in [1.165, 1.54) is 0 Å². The summed E-state index contributed by atoms with van der Waals surface area (Å²) in [4.78, 5) is 12.3. The maximum atomic E-state index is 12.3. The number of anilines is 1. The van der Waals surface area contributed by atoms with E-state index in [0.29, 0.717) is 16.8 Å². The molecule has 2 aromatic rings. The van der Waals surface area contributed by atoms with Crippen molar-refractivity contribution in [3.8, 4) is 0 Å². The van der Waals surface area contributed by atoms with Gasteiger partial charge in [-0.3, -0.25) is 10.2 Å². The summed E-state index contributed by atoms with van der Waals surface area (Å²) >= 11 is 0. The van der Waals surface area contributed by atoms with Crippen LogP contribution in [0, 0.1) is 11.5 Å². The predicted octanol–water partition coefficient (Wildman–Crippen LogP) is 2.02. The molecular formula is C14H12N3O. The highest BCUT2D eigenvalue weighted by Crippen LogP contribution is 2.18. The summed E-state index contributed by atoms with van der Waals surface area (Å²) in [5.74, 6) is -0.364. The minimum Gasteiger partial charge on any atom is -0.370 e. The quantitative estimate of drug-likeness (QED) is 0.435. The van der Waals surface area contributed by atoms with Gasteiger partial charge in [-0.1, -0.05) is 42.5 Å². The van der Waals surface area contributed by atoms with Crippen LogP contribution in [0.4, 0.5) is 5.69 Å². The molecule has 4 nitrogen and oxygen atoms in total. The Morgan fingerprint density at radius 2 is 1.89 bits per heavy atom. The number of ketones is 1. The Morgan fingerprint density at radius 1 is 1.17 bits per heavy atom. The van der Waals surface area contributed by atoms with Crippen molar-refractivity contribution in [1.29, 1.82) is 5.41 Å². The van der Waals surface area contributed by atoms with Crippen molar-refractivity contribution in [3.63, 3.8) is 0 Å². The van der Waals surface area contributed by atoms with E-state index in [-0.39, 0.29) is 11.7 Å². The van der Waals surface area contributed by atoms with Crippen LogP contribution >= 0.6 is 0 Å². The molecule has 0 fully saturated rings. The number of hydrogen-bond donors (Lipinski definition) is 3. The van der Waals surface area contributed by atoms with Crippen LogP contribution in [0.15, 0.2) is 48.5 Å². The molecule has 1 radical (unpaired) electrons. The molecule has 0 saturated carbocycles. The largest absolute Gasteiger partial charge is 0.370 e. The Bertz CT molecular complexity index is 579. The highest BCUT2D eigenvalue weighted by molar-refractivity contribution is 6.13. The van der Waals surface area contributed by atoms with Gasteiger partial charge in [0.15, 0.2) is 11.7 Å². The lowest BCUT2D eigenvalue weighted by atomic mass is 10.0. The van der Waals surface area contributed by atoms with E-state index < -0.39 is 0 Å². The number of carbonyl (C=O) groups excluding carboxylic acids is 1. The first-order valence-electron chi connectivity index (χ1n) is 5.40. The second-order valence-electron chi connectivity index (χ2n) is 3.69. The van der Waals surface area contributed by atoms with Gasteiger partial charge < -0.3 is 11.1 Å². The first-order valence-corrected chi connectivity index (χ1v) is 5.40. The summed E-state index contributed by atoms with van der Waals surface area (Å²) in [6.45, 7) is 0. The highest BCUT2D eigenvalue weighted by Gasteiger charge is 2.13. The van der Waals surface area contributed by atoms with Crippen LogP contribution in [0.2, 0.25) is 0 Å². The maximum absolute atomic E-state index is 12.3. The van der Waals surface area contributed by atoms with E-state index in [2.05, 4.69) is 11.4 Å². The summed E-state index contributed by atoms with van der Waals surface area (Å²) in [7, 11) is 0. The SMILES string of the molecule is N=C(N)Nc1ccc[c]c1C(=O)c1ccccc1. The number of guanidine groups is 1. The third-order valence-corrected chi connectivity index (χ3v) is 2.39. The summed E-state index contributed by atoms with van der Waals surface area (Å²) in [6, 6.07) is 16.9. The van der Waals surface area contributed by atoms with Crippen LogP contribution in [-0.4, -0.2) is 11.7 Å². The van der Waals surface area contributed by atoms with Crippen molar-refractivity contribution in [2.45, 2.75) is 0 Å². The highest BCUT2D eigenvalue weighted by atomic mass is 16.1. The van der Waals surface area contributed by atoms with Gasteiger partial charge in [0.05, 0.1) is 11.3 Å². The van der Waals surface area contributed by atoms with Gasteiger partial charge in [0.25, 0.3) is 0 Å². The second-order valence-corrected chi connectivity index (χ2v) is 3.69. The summed E-state index contributed by atoms with van der Waals surface area (Å²) < 4.78 is 0. The molecule has 0 aliphatic carbocycles. The van der Waals surface area contributed by atoms with Crippen LogP contribution in [-0.2, 0) is 0 Å². The number of benzene rings is 2. The zero-order valence-corrected chi connectivity index (χ0v) is 9.60. The van der Waals surface area contributed by atoms with Crippen molar-refractivity contribution in [2.24, 2.45) is 5.73 Å². The normalized spacial score (nSPS) is 9.78. The van der Waals surface area contributed by atoms with E-state index in [0.717, 1.165) is 0 Å². The van der Waals surface area contributed by atoms with Crippen LogP contribution in [0.5, 0.6) is 0 Å². The monoisotopic (exact) mass is 238 g/mol. The molecule has 2 aromatic carbocycles. The van der Waals surface area contributed by atoms with Gasteiger partial charge in [-0.15, -0.1) is 0 Å². The molecule has 0 aliphatic heterocycles. The fraction of sp³-hybridized carbons (Fsp3) is 0. The van der Waals surface area contributed by atoms with Gasteiger partial charge in [0.1, 0.15) is 0 Å². The Morgan fingerprint density at radius 3 is 2.56 bits per heavy atom. The molecule has 4 N–H and O–H groups in total. The van der Waals surface area contributed by atoms with Crippen molar-refractivity contribution < 1.29 is 4.79 Å². The molecule has 0 amide bonds. The third kappa shape index (κ3) is 2.55. The van der Waals surface area contributed by atoms with Gasteiger partial charge in [0.2, 0.25) is 0 Å². The predicted molar refractivity (Wildman–Crippen MR) is 70.7 cm³/mol. The Kier molecular flexibility index (Phi) is 3.38. The number of nitrogens with one attached hydrogen (secondary N) is 2. The lowest BCUT2D eigenvalue weighted by molar-refractivity contribution is 0.103. The van der Waals surface area contributed by atoms with E-state index in [1.807, 2.05) is 6.07 Å². The van der Waals surface area contributed by atoms with Crippen LogP contribution in [0.3, 0.4) is 0 Å². The fourth-order valence-corrected chi connectivity index (χ4v) is 1.61. The first-order chi connectivity index (χ1) is 8.68. The lowest BCUT2D eigenvalue weighted by Crippen LogP contribution is -2.22. The second kappa shape index (κ2) is 5.14. The number of hydrogen-bond acceptors (Lipinski definition) is 2. The van der Waals surface area contributed by atoms with Gasteiger partial charge in [-0.2, -0.15) is 0 Å².